The van der Waals surface area contributed by atoms with E-state index in [0.29, 0.717) is 15.4 Å². The second-order valence-electron chi connectivity index (χ2n) is 5.00. The lowest BCUT2D eigenvalue weighted by Crippen LogP contribution is -2.10. The number of anilines is 1. The van der Waals surface area contributed by atoms with Gasteiger partial charge in [-0.15, -0.1) is 0 Å². The van der Waals surface area contributed by atoms with Gasteiger partial charge >= 0.3 is 0 Å². The molecule has 0 unspecified atom stereocenters. The Morgan fingerprint density at radius 1 is 1.22 bits per heavy atom. The van der Waals surface area contributed by atoms with Gasteiger partial charge in [-0.2, -0.15) is 5.10 Å². The molecule has 0 bridgehead atoms. The smallest absolute Gasteiger partial charge is 0.291 e. The highest BCUT2D eigenvalue weighted by atomic mass is 79.9. The maximum Gasteiger partial charge on any atom is 0.291 e. The zero-order valence-electron chi connectivity index (χ0n) is 12.4. The molecule has 3 aromatic rings. The number of aryl methyl sites for hydroxylation is 1. The lowest BCUT2D eigenvalue weighted by molar-refractivity contribution is 0.0995. The summed E-state index contributed by atoms with van der Waals surface area (Å²) in [6.45, 7) is 3.77. The number of benzene rings is 1. The number of aromatic nitrogens is 2. The molecule has 0 saturated carbocycles. The molecule has 5 nitrogen and oxygen atoms in total. The quantitative estimate of drug-likeness (QED) is 0.697. The molecule has 7 heteroatoms. The van der Waals surface area contributed by atoms with Gasteiger partial charge in [0.1, 0.15) is 0 Å². The Bertz CT molecular complexity index is 868. The normalized spacial score (nSPS) is 10.8. The molecule has 1 aromatic carbocycles. The largest absolute Gasteiger partial charge is 0.444 e. The number of carbonyl (C=O) groups excluding carboxylic acids is 1. The predicted octanol–water partition coefficient (Wildman–Crippen LogP) is 4.75. The Hall–Kier alpha value is -2.05. The molecule has 1 N–H and O–H groups in total. The Morgan fingerprint density at radius 2 is 1.91 bits per heavy atom. The zero-order valence-corrected chi connectivity index (χ0v) is 14.8. The number of hydrogen-bond acceptors (Lipinski definition) is 3. The molecule has 2 aromatic heterocycles. The van der Waals surface area contributed by atoms with Crippen LogP contribution in [0.3, 0.4) is 0 Å². The van der Waals surface area contributed by atoms with E-state index < -0.39 is 0 Å². The molecule has 118 valence electrons. The monoisotopic (exact) mass is 393 g/mol. The molecule has 0 fully saturated rings. The minimum absolute atomic E-state index is 0.242. The summed E-state index contributed by atoms with van der Waals surface area (Å²) in [5.74, 6) is -0.0658. The Labute approximate surface area is 146 Å². The zero-order chi connectivity index (χ0) is 16.6. The lowest BCUT2D eigenvalue weighted by atomic mass is 10.2. The van der Waals surface area contributed by atoms with Crippen molar-refractivity contribution in [1.29, 1.82) is 0 Å². The third-order valence-corrected chi connectivity index (χ3v) is 4.34. The molecule has 3 rings (SSSR count). The van der Waals surface area contributed by atoms with Gasteiger partial charge in [0.2, 0.25) is 0 Å². The van der Waals surface area contributed by atoms with Crippen molar-refractivity contribution in [2.24, 2.45) is 0 Å². The SMILES string of the molecule is Cc1nn(-c2ccc(NC(=O)c3ccc(Br)o3)cc2)c(C)c1Cl. The fourth-order valence-electron chi connectivity index (χ4n) is 2.19. The summed E-state index contributed by atoms with van der Waals surface area (Å²) in [6, 6.07) is 10.6. The van der Waals surface area contributed by atoms with Crippen molar-refractivity contribution in [3.05, 3.63) is 63.2 Å². The topological polar surface area (TPSA) is 60.1 Å². The number of rotatable bonds is 3. The van der Waals surface area contributed by atoms with Crippen LogP contribution >= 0.6 is 27.5 Å². The summed E-state index contributed by atoms with van der Waals surface area (Å²) in [4.78, 5) is 12.0. The minimum atomic E-state index is -0.308. The van der Waals surface area contributed by atoms with Crippen LogP contribution in [0.25, 0.3) is 5.69 Å². The number of furan rings is 1. The Balaban J connectivity index is 1.79. The summed E-state index contributed by atoms with van der Waals surface area (Å²) in [6.07, 6.45) is 0. The van der Waals surface area contributed by atoms with Gasteiger partial charge in [0.25, 0.3) is 5.91 Å². The van der Waals surface area contributed by atoms with Gasteiger partial charge in [0.05, 0.1) is 22.1 Å². The van der Waals surface area contributed by atoms with E-state index in [9.17, 15) is 4.79 Å². The van der Waals surface area contributed by atoms with E-state index in [1.54, 1.807) is 28.9 Å². The van der Waals surface area contributed by atoms with E-state index in [-0.39, 0.29) is 11.7 Å². The summed E-state index contributed by atoms with van der Waals surface area (Å²) in [7, 11) is 0. The van der Waals surface area contributed by atoms with E-state index in [1.165, 1.54) is 0 Å². The minimum Gasteiger partial charge on any atom is -0.444 e. The maximum absolute atomic E-state index is 12.0. The van der Waals surface area contributed by atoms with Crippen molar-refractivity contribution in [2.75, 3.05) is 5.32 Å². The molecule has 0 atom stereocenters. The average Bonchev–Trinajstić information content (AvgIpc) is 3.08. The van der Waals surface area contributed by atoms with Gasteiger partial charge in [0, 0.05) is 5.69 Å². The molecule has 0 aliphatic rings. The molecule has 23 heavy (non-hydrogen) atoms. The van der Waals surface area contributed by atoms with E-state index in [1.807, 2.05) is 26.0 Å². The van der Waals surface area contributed by atoms with Crippen LogP contribution in [0.15, 0.2) is 45.5 Å². The second kappa shape index (κ2) is 6.22. The van der Waals surface area contributed by atoms with Crippen molar-refractivity contribution < 1.29 is 9.21 Å². The first-order valence-electron chi connectivity index (χ1n) is 6.84. The Kier molecular flexibility index (Phi) is 4.28. The predicted molar refractivity (Wildman–Crippen MR) is 92.4 cm³/mol. The van der Waals surface area contributed by atoms with E-state index >= 15 is 0 Å². The van der Waals surface area contributed by atoms with Crippen LogP contribution in [0.5, 0.6) is 0 Å². The van der Waals surface area contributed by atoms with Crippen molar-refractivity contribution >= 4 is 39.1 Å². The van der Waals surface area contributed by atoms with Crippen LogP contribution in [0.4, 0.5) is 5.69 Å². The third kappa shape index (κ3) is 3.18. The average molecular weight is 395 g/mol. The number of hydrogen-bond donors (Lipinski definition) is 1. The lowest BCUT2D eigenvalue weighted by Gasteiger charge is -2.07. The van der Waals surface area contributed by atoms with Crippen LogP contribution < -0.4 is 5.32 Å². The third-order valence-electron chi connectivity index (χ3n) is 3.37. The summed E-state index contributed by atoms with van der Waals surface area (Å²) < 4.78 is 7.50. The summed E-state index contributed by atoms with van der Waals surface area (Å²) in [5.41, 5.74) is 3.20. The second-order valence-corrected chi connectivity index (χ2v) is 6.16. The van der Waals surface area contributed by atoms with Crippen molar-refractivity contribution in [2.45, 2.75) is 13.8 Å². The molecule has 0 spiro atoms. The summed E-state index contributed by atoms with van der Waals surface area (Å²) >= 11 is 9.33. The van der Waals surface area contributed by atoms with E-state index in [2.05, 4.69) is 26.3 Å². The van der Waals surface area contributed by atoms with Crippen LogP contribution in [0, 0.1) is 13.8 Å². The highest BCUT2D eigenvalue weighted by molar-refractivity contribution is 9.10. The number of nitrogens with zero attached hydrogens (tertiary/aromatic N) is 2. The van der Waals surface area contributed by atoms with Gasteiger partial charge < -0.3 is 9.73 Å². The first-order valence-corrected chi connectivity index (χ1v) is 8.01. The standard InChI is InChI=1S/C16H13BrClN3O2/c1-9-15(18)10(2)21(20-9)12-5-3-11(4-6-12)19-16(22)13-7-8-14(17)23-13/h3-8H,1-2H3,(H,19,22). The molecule has 0 radical (unpaired) electrons. The number of nitrogens with one attached hydrogen (secondary N) is 1. The maximum atomic E-state index is 12.0. The van der Waals surface area contributed by atoms with Crippen molar-refractivity contribution in [1.82, 2.24) is 9.78 Å². The van der Waals surface area contributed by atoms with Crippen LogP contribution in [0.1, 0.15) is 21.9 Å². The van der Waals surface area contributed by atoms with Crippen molar-refractivity contribution in [3.8, 4) is 5.69 Å². The van der Waals surface area contributed by atoms with Gasteiger partial charge in [-0.05, 0) is 66.2 Å². The molecule has 0 aliphatic heterocycles. The van der Waals surface area contributed by atoms with Gasteiger partial charge in [-0.1, -0.05) is 11.6 Å². The van der Waals surface area contributed by atoms with Crippen LogP contribution in [-0.2, 0) is 0 Å². The first kappa shape index (κ1) is 15.8. The van der Waals surface area contributed by atoms with Gasteiger partial charge in [-0.25, -0.2) is 4.68 Å². The molecular formula is C16H13BrClN3O2. The van der Waals surface area contributed by atoms with E-state index in [4.69, 9.17) is 16.0 Å². The number of amides is 1. The highest BCUT2D eigenvalue weighted by Crippen LogP contribution is 2.23. The number of halogens is 2. The highest BCUT2D eigenvalue weighted by Gasteiger charge is 2.12. The molecular weight excluding hydrogens is 382 g/mol. The molecule has 0 aliphatic carbocycles. The fourth-order valence-corrected chi connectivity index (χ4v) is 2.61. The van der Waals surface area contributed by atoms with Gasteiger partial charge in [-0.3, -0.25) is 4.79 Å². The van der Waals surface area contributed by atoms with Crippen LogP contribution in [-0.4, -0.2) is 15.7 Å². The fraction of sp³-hybridized carbons (Fsp3) is 0.125. The first-order chi connectivity index (χ1) is 11.0. The van der Waals surface area contributed by atoms with Crippen molar-refractivity contribution in [3.63, 3.8) is 0 Å². The molecule has 0 saturated heterocycles. The van der Waals surface area contributed by atoms with Crippen LogP contribution in [0.2, 0.25) is 5.02 Å². The number of carbonyl (C=O) groups is 1. The molecule has 2 heterocycles. The van der Waals surface area contributed by atoms with E-state index in [0.717, 1.165) is 17.1 Å². The Morgan fingerprint density at radius 3 is 2.43 bits per heavy atom. The van der Waals surface area contributed by atoms with Gasteiger partial charge in [0.15, 0.2) is 10.4 Å². The summed E-state index contributed by atoms with van der Waals surface area (Å²) in [5, 5.41) is 7.83. The molecule has 1 amide bonds.